The van der Waals surface area contributed by atoms with E-state index in [9.17, 15) is 4.79 Å². The lowest BCUT2D eigenvalue weighted by molar-refractivity contribution is -0.148. The van der Waals surface area contributed by atoms with E-state index in [4.69, 9.17) is 10.3 Å². The molecule has 0 aliphatic heterocycles. The quantitative estimate of drug-likeness (QED) is 0.274. The Balaban J connectivity index is 2.89. The van der Waals surface area contributed by atoms with E-state index in [0.29, 0.717) is 6.54 Å². The van der Waals surface area contributed by atoms with Crippen LogP contribution in [0.2, 0.25) is 0 Å². The molecule has 0 saturated heterocycles. The van der Waals surface area contributed by atoms with Crippen LogP contribution in [0, 0.1) is 0 Å². The molecule has 1 N–H and O–H groups in total. The van der Waals surface area contributed by atoms with Crippen molar-refractivity contribution in [3.05, 3.63) is 46.3 Å². The van der Waals surface area contributed by atoms with Crippen molar-refractivity contribution in [3.63, 3.8) is 0 Å². The molecule has 0 aliphatic rings. The molecule has 0 spiro atoms. The first-order valence-electron chi connectivity index (χ1n) is 5.55. The molecule has 0 radical (unpaired) electrons. The Morgan fingerprint density at radius 2 is 2.17 bits per heavy atom. The van der Waals surface area contributed by atoms with Gasteiger partial charge in [0.2, 0.25) is 0 Å². The Labute approximate surface area is 106 Å². The molecule has 1 unspecified atom stereocenters. The number of esters is 1. The minimum Gasteiger partial charge on any atom is -0.467 e. The van der Waals surface area contributed by atoms with Gasteiger partial charge in [-0.05, 0) is 18.0 Å². The SMILES string of the molecule is COC(=O)C(C)(NCCN=[N+]=[N-])c1ccccc1. The number of hydrogen-bond acceptors (Lipinski definition) is 4. The fourth-order valence-electron chi connectivity index (χ4n) is 1.67. The maximum atomic E-state index is 11.9. The summed E-state index contributed by atoms with van der Waals surface area (Å²) in [6.07, 6.45) is 0. The van der Waals surface area contributed by atoms with Gasteiger partial charge in [0.25, 0.3) is 0 Å². The second-order valence-electron chi connectivity index (χ2n) is 3.86. The summed E-state index contributed by atoms with van der Waals surface area (Å²) in [4.78, 5) is 14.6. The number of benzene rings is 1. The third kappa shape index (κ3) is 3.23. The van der Waals surface area contributed by atoms with Crippen LogP contribution in [0.4, 0.5) is 0 Å². The smallest absolute Gasteiger partial charge is 0.330 e. The zero-order valence-corrected chi connectivity index (χ0v) is 10.5. The molecule has 6 nitrogen and oxygen atoms in total. The van der Waals surface area contributed by atoms with Crippen LogP contribution in [0.5, 0.6) is 0 Å². The first kappa shape index (κ1) is 14.0. The third-order valence-electron chi connectivity index (χ3n) is 2.70. The van der Waals surface area contributed by atoms with E-state index in [1.165, 1.54) is 7.11 Å². The molecule has 0 saturated carbocycles. The minimum atomic E-state index is -0.943. The number of nitrogens with zero attached hydrogens (tertiary/aromatic N) is 3. The van der Waals surface area contributed by atoms with Gasteiger partial charge >= 0.3 is 5.97 Å². The highest BCUT2D eigenvalue weighted by Crippen LogP contribution is 2.21. The van der Waals surface area contributed by atoms with Crippen molar-refractivity contribution in [2.45, 2.75) is 12.5 Å². The zero-order chi connectivity index (χ0) is 13.4. The van der Waals surface area contributed by atoms with E-state index in [-0.39, 0.29) is 12.5 Å². The molecular weight excluding hydrogens is 232 g/mol. The van der Waals surface area contributed by atoms with Crippen molar-refractivity contribution < 1.29 is 9.53 Å². The zero-order valence-electron chi connectivity index (χ0n) is 10.5. The van der Waals surface area contributed by atoms with Crippen molar-refractivity contribution in [3.8, 4) is 0 Å². The normalized spacial score (nSPS) is 13.2. The molecule has 96 valence electrons. The molecule has 6 heteroatoms. The topological polar surface area (TPSA) is 87.1 Å². The molecule has 0 bridgehead atoms. The summed E-state index contributed by atoms with van der Waals surface area (Å²) in [7, 11) is 1.35. The Morgan fingerprint density at radius 1 is 1.50 bits per heavy atom. The fraction of sp³-hybridized carbons (Fsp3) is 0.417. The molecule has 0 heterocycles. The van der Waals surface area contributed by atoms with E-state index in [1.54, 1.807) is 6.92 Å². The maximum Gasteiger partial charge on any atom is 0.330 e. The van der Waals surface area contributed by atoms with Crippen molar-refractivity contribution in [2.24, 2.45) is 5.11 Å². The highest BCUT2D eigenvalue weighted by Gasteiger charge is 2.35. The number of carbonyl (C=O) groups is 1. The number of hydrogen-bond donors (Lipinski definition) is 1. The van der Waals surface area contributed by atoms with Crippen molar-refractivity contribution >= 4 is 5.97 Å². The summed E-state index contributed by atoms with van der Waals surface area (Å²) < 4.78 is 4.82. The summed E-state index contributed by atoms with van der Waals surface area (Å²) in [5.74, 6) is -0.380. The van der Waals surface area contributed by atoms with Gasteiger partial charge in [-0.2, -0.15) is 0 Å². The lowest BCUT2D eigenvalue weighted by atomic mass is 9.92. The van der Waals surface area contributed by atoms with E-state index in [0.717, 1.165) is 5.56 Å². The molecule has 1 atom stereocenters. The predicted octanol–water partition coefficient (Wildman–Crippen LogP) is 1.97. The van der Waals surface area contributed by atoms with Gasteiger partial charge in [0.15, 0.2) is 0 Å². The molecular formula is C12H16N4O2. The third-order valence-corrected chi connectivity index (χ3v) is 2.70. The van der Waals surface area contributed by atoms with Crippen LogP contribution in [-0.2, 0) is 15.1 Å². The van der Waals surface area contributed by atoms with E-state index >= 15 is 0 Å². The monoisotopic (exact) mass is 248 g/mol. The van der Waals surface area contributed by atoms with Gasteiger partial charge in [0.05, 0.1) is 7.11 Å². The number of methoxy groups -OCH3 is 1. The van der Waals surface area contributed by atoms with E-state index in [1.807, 2.05) is 30.3 Å². The molecule has 1 aromatic carbocycles. The van der Waals surface area contributed by atoms with Gasteiger partial charge in [-0.3, -0.25) is 5.32 Å². The lowest BCUT2D eigenvalue weighted by Gasteiger charge is -2.28. The van der Waals surface area contributed by atoms with Crippen molar-refractivity contribution in [2.75, 3.05) is 20.2 Å². The standard InChI is InChI=1S/C12H16N4O2/c1-12(11(17)18-2,14-8-9-15-16-13)10-6-4-3-5-7-10/h3-7,14H,8-9H2,1-2H3. The van der Waals surface area contributed by atoms with E-state index in [2.05, 4.69) is 15.3 Å². The minimum absolute atomic E-state index is 0.274. The number of carbonyl (C=O) groups excluding carboxylic acids is 1. The molecule has 1 rings (SSSR count). The van der Waals surface area contributed by atoms with Crippen molar-refractivity contribution in [1.29, 1.82) is 0 Å². The van der Waals surface area contributed by atoms with Gasteiger partial charge < -0.3 is 4.74 Å². The van der Waals surface area contributed by atoms with Crippen LogP contribution in [0.1, 0.15) is 12.5 Å². The van der Waals surface area contributed by atoms with Gasteiger partial charge in [-0.1, -0.05) is 35.4 Å². The molecule has 0 aliphatic carbocycles. The summed E-state index contributed by atoms with van der Waals surface area (Å²) >= 11 is 0. The van der Waals surface area contributed by atoms with Crippen LogP contribution in [-0.4, -0.2) is 26.2 Å². The van der Waals surface area contributed by atoms with Gasteiger partial charge in [0.1, 0.15) is 5.54 Å². The molecule has 0 aromatic heterocycles. The summed E-state index contributed by atoms with van der Waals surface area (Å²) in [5, 5.41) is 6.48. The second kappa shape index (κ2) is 6.64. The average molecular weight is 248 g/mol. The van der Waals surface area contributed by atoms with Crippen LogP contribution in [0.25, 0.3) is 10.4 Å². The first-order valence-corrected chi connectivity index (χ1v) is 5.55. The summed E-state index contributed by atoms with van der Waals surface area (Å²) in [5.41, 5.74) is 8.07. The van der Waals surface area contributed by atoms with Crippen LogP contribution in [0.3, 0.4) is 0 Å². The van der Waals surface area contributed by atoms with Crippen LogP contribution < -0.4 is 5.32 Å². The largest absolute Gasteiger partial charge is 0.467 e. The summed E-state index contributed by atoms with van der Waals surface area (Å²) in [6.45, 7) is 2.41. The molecule has 0 amide bonds. The van der Waals surface area contributed by atoms with Crippen LogP contribution in [0.15, 0.2) is 35.4 Å². The fourth-order valence-corrected chi connectivity index (χ4v) is 1.67. The Hall–Kier alpha value is -2.04. The number of nitrogens with one attached hydrogen (secondary N) is 1. The highest BCUT2D eigenvalue weighted by atomic mass is 16.5. The van der Waals surface area contributed by atoms with Gasteiger partial charge in [-0.25, -0.2) is 4.79 Å². The number of azide groups is 1. The molecule has 1 aromatic rings. The number of ether oxygens (including phenoxy) is 1. The molecule has 18 heavy (non-hydrogen) atoms. The van der Waals surface area contributed by atoms with E-state index < -0.39 is 5.54 Å². The number of rotatable bonds is 6. The average Bonchev–Trinajstić information content (AvgIpc) is 2.43. The first-order chi connectivity index (χ1) is 8.65. The van der Waals surface area contributed by atoms with Gasteiger partial charge in [-0.15, -0.1) is 0 Å². The van der Waals surface area contributed by atoms with Gasteiger partial charge in [0, 0.05) is 18.0 Å². The maximum absolute atomic E-state index is 11.9. The predicted molar refractivity (Wildman–Crippen MR) is 67.8 cm³/mol. The Kier molecular flexibility index (Phi) is 5.17. The lowest BCUT2D eigenvalue weighted by Crippen LogP contribution is -2.48. The van der Waals surface area contributed by atoms with Crippen LogP contribution >= 0.6 is 0 Å². The Bertz CT molecular complexity index is 443. The summed E-state index contributed by atoms with van der Waals surface area (Å²) in [6, 6.07) is 9.27. The Morgan fingerprint density at radius 3 is 2.72 bits per heavy atom. The van der Waals surface area contributed by atoms with Crippen molar-refractivity contribution in [1.82, 2.24) is 5.32 Å². The highest BCUT2D eigenvalue weighted by molar-refractivity contribution is 5.82. The molecule has 0 fully saturated rings. The second-order valence-corrected chi connectivity index (χ2v) is 3.86.